The predicted molar refractivity (Wildman–Crippen MR) is 64.3 cm³/mol. The summed E-state index contributed by atoms with van der Waals surface area (Å²) in [4.78, 5) is 11.2. The van der Waals surface area contributed by atoms with E-state index in [1.54, 1.807) is 13.1 Å². The van der Waals surface area contributed by atoms with Crippen LogP contribution < -0.4 is 5.56 Å². The van der Waals surface area contributed by atoms with Crippen molar-refractivity contribution in [2.75, 3.05) is 0 Å². The van der Waals surface area contributed by atoms with Crippen molar-refractivity contribution >= 4 is 0 Å². The fourth-order valence-corrected chi connectivity index (χ4v) is 1.57. The van der Waals surface area contributed by atoms with Gasteiger partial charge in [0.1, 0.15) is 0 Å². The zero-order chi connectivity index (χ0) is 11.5. The van der Waals surface area contributed by atoms with E-state index in [0.717, 1.165) is 17.7 Å². The van der Waals surface area contributed by atoms with Crippen molar-refractivity contribution in [2.45, 2.75) is 13.3 Å². The fraction of sp³-hybridized carbons (Fsp3) is 0.231. The zero-order valence-corrected chi connectivity index (χ0v) is 9.47. The molecule has 2 aromatic rings. The first-order valence-corrected chi connectivity index (χ1v) is 5.34. The highest BCUT2D eigenvalue weighted by Gasteiger charge is 2.00. The SMILES string of the molecule is CCc1ccc(-c2ccc(=O)n(C)n2)cc1. The molecule has 16 heavy (non-hydrogen) atoms. The lowest BCUT2D eigenvalue weighted by molar-refractivity contribution is 0.712. The molecule has 1 heterocycles. The molecule has 0 radical (unpaired) electrons. The molecular weight excluding hydrogens is 200 g/mol. The van der Waals surface area contributed by atoms with E-state index < -0.39 is 0 Å². The molecule has 0 aliphatic heterocycles. The maximum Gasteiger partial charge on any atom is 0.266 e. The maximum atomic E-state index is 11.2. The second-order valence-electron chi connectivity index (χ2n) is 3.73. The molecule has 0 saturated carbocycles. The highest BCUT2D eigenvalue weighted by molar-refractivity contribution is 5.58. The molecule has 0 amide bonds. The van der Waals surface area contributed by atoms with Crippen LogP contribution in [0, 0.1) is 0 Å². The molecule has 3 nitrogen and oxygen atoms in total. The van der Waals surface area contributed by atoms with E-state index in [2.05, 4.69) is 24.2 Å². The summed E-state index contributed by atoms with van der Waals surface area (Å²) in [6.07, 6.45) is 1.03. The average molecular weight is 214 g/mol. The van der Waals surface area contributed by atoms with Gasteiger partial charge in [-0.1, -0.05) is 31.2 Å². The molecule has 1 aromatic heterocycles. The van der Waals surface area contributed by atoms with Gasteiger partial charge in [-0.2, -0.15) is 5.10 Å². The Morgan fingerprint density at radius 2 is 1.81 bits per heavy atom. The highest BCUT2D eigenvalue weighted by Crippen LogP contribution is 2.16. The molecule has 1 aromatic carbocycles. The van der Waals surface area contributed by atoms with Gasteiger partial charge in [0, 0.05) is 18.7 Å². The first kappa shape index (κ1) is 10.6. The molecule has 0 atom stereocenters. The number of nitrogens with zero attached hydrogens (tertiary/aromatic N) is 2. The molecule has 0 unspecified atom stereocenters. The molecule has 3 heteroatoms. The van der Waals surface area contributed by atoms with Gasteiger partial charge in [-0.3, -0.25) is 4.79 Å². The Bertz CT molecular complexity index is 541. The van der Waals surface area contributed by atoms with E-state index in [-0.39, 0.29) is 5.56 Å². The molecule has 0 fully saturated rings. The van der Waals surface area contributed by atoms with Crippen LogP contribution in [0.2, 0.25) is 0 Å². The Morgan fingerprint density at radius 1 is 1.12 bits per heavy atom. The van der Waals surface area contributed by atoms with Crippen LogP contribution in [-0.2, 0) is 13.5 Å². The topological polar surface area (TPSA) is 34.9 Å². The first-order chi connectivity index (χ1) is 7.70. The van der Waals surface area contributed by atoms with Gasteiger partial charge in [0.25, 0.3) is 5.56 Å². The van der Waals surface area contributed by atoms with Crippen LogP contribution in [-0.4, -0.2) is 9.78 Å². The normalized spacial score (nSPS) is 10.4. The van der Waals surface area contributed by atoms with Crippen molar-refractivity contribution < 1.29 is 0 Å². The van der Waals surface area contributed by atoms with E-state index in [1.807, 2.05) is 12.1 Å². The van der Waals surface area contributed by atoms with Crippen molar-refractivity contribution in [1.82, 2.24) is 9.78 Å². The number of benzene rings is 1. The van der Waals surface area contributed by atoms with Crippen molar-refractivity contribution in [1.29, 1.82) is 0 Å². The smallest absolute Gasteiger partial charge is 0.266 e. The Kier molecular flexibility index (Phi) is 2.86. The van der Waals surface area contributed by atoms with Gasteiger partial charge in [-0.15, -0.1) is 0 Å². The van der Waals surface area contributed by atoms with E-state index in [4.69, 9.17) is 0 Å². The number of aromatic nitrogens is 2. The summed E-state index contributed by atoms with van der Waals surface area (Å²) in [5.74, 6) is 0. The lowest BCUT2D eigenvalue weighted by Crippen LogP contribution is -2.18. The van der Waals surface area contributed by atoms with Gasteiger partial charge >= 0.3 is 0 Å². The summed E-state index contributed by atoms with van der Waals surface area (Å²) in [6, 6.07) is 11.5. The summed E-state index contributed by atoms with van der Waals surface area (Å²) in [5, 5.41) is 4.20. The summed E-state index contributed by atoms with van der Waals surface area (Å²) in [6.45, 7) is 2.12. The molecule has 0 spiro atoms. The third-order valence-electron chi connectivity index (χ3n) is 2.62. The van der Waals surface area contributed by atoms with Crippen LogP contribution in [0.25, 0.3) is 11.3 Å². The standard InChI is InChI=1S/C13H14N2O/c1-3-10-4-6-11(7-5-10)12-8-9-13(16)15(2)14-12/h4-9H,3H2,1-2H3. The molecule has 0 aliphatic rings. The Labute approximate surface area is 94.4 Å². The minimum atomic E-state index is -0.0890. The van der Waals surface area contributed by atoms with Crippen LogP contribution in [0.1, 0.15) is 12.5 Å². The molecule has 0 aliphatic carbocycles. The van der Waals surface area contributed by atoms with Crippen molar-refractivity contribution in [3.8, 4) is 11.3 Å². The van der Waals surface area contributed by atoms with Gasteiger partial charge < -0.3 is 0 Å². The minimum Gasteiger partial charge on any atom is -0.268 e. The first-order valence-electron chi connectivity index (χ1n) is 5.34. The number of rotatable bonds is 2. The Hall–Kier alpha value is -1.90. The second kappa shape index (κ2) is 4.31. The van der Waals surface area contributed by atoms with E-state index in [0.29, 0.717) is 0 Å². The Morgan fingerprint density at radius 3 is 2.38 bits per heavy atom. The predicted octanol–water partition coefficient (Wildman–Crippen LogP) is 2.01. The largest absolute Gasteiger partial charge is 0.268 e. The Balaban J connectivity index is 2.42. The van der Waals surface area contributed by atoms with Gasteiger partial charge in [0.2, 0.25) is 0 Å². The van der Waals surface area contributed by atoms with Crippen LogP contribution in [0.5, 0.6) is 0 Å². The van der Waals surface area contributed by atoms with Crippen LogP contribution in [0.15, 0.2) is 41.2 Å². The molecule has 0 saturated heterocycles. The quantitative estimate of drug-likeness (QED) is 0.766. The minimum absolute atomic E-state index is 0.0890. The number of hydrogen-bond acceptors (Lipinski definition) is 2. The highest BCUT2D eigenvalue weighted by atomic mass is 16.1. The summed E-state index contributed by atoms with van der Waals surface area (Å²) in [7, 11) is 1.66. The van der Waals surface area contributed by atoms with Gasteiger partial charge in [-0.05, 0) is 18.1 Å². The van der Waals surface area contributed by atoms with Crippen LogP contribution in [0.4, 0.5) is 0 Å². The van der Waals surface area contributed by atoms with Gasteiger partial charge in [0.15, 0.2) is 0 Å². The van der Waals surface area contributed by atoms with Crippen LogP contribution >= 0.6 is 0 Å². The third kappa shape index (κ3) is 2.03. The van der Waals surface area contributed by atoms with Gasteiger partial charge in [-0.25, -0.2) is 4.68 Å². The fourth-order valence-electron chi connectivity index (χ4n) is 1.57. The van der Waals surface area contributed by atoms with Gasteiger partial charge in [0.05, 0.1) is 5.69 Å². The summed E-state index contributed by atoms with van der Waals surface area (Å²) in [5.41, 5.74) is 3.07. The monoisotopic (exact) mass is 214 g/mol. The average Bonchev–Trinajstić information content (AvgIpc) is 2.33. The zero-order valence-electron chi connectivity index (χ0n) is 9.47. The summed E-state index contributed by atoms with van der Waals surface area (Å²) < 4.78 is 1.35. The van der Waals surface area contributed by atoms with E-state index in [9.17, 15) is 4.79 Å². The van der Waals surface area contributed by atoms with E-state index in [1.165, 1.54) is 16.3 Å². The van der Waals surface area contributed by atoms with Crippen LogP contribution in [0.3, 0.4) is 0 Å². The number of aryl methyl sites for hydroxylation is 2. The molecule has 0 N–H and O–H groups in total. The molecule has 82 valence electrons. The maximum absolute atomic E-state index is 11.2. The van der Waals surface area contributed by atoms with Crippen molar-refractivity contribution in [3.63, 3.8) is 0 Å². The second-order valence-corrected chi connectivity index (χ2v) is 3.73. The molecular formula is C13H14N2O. The molecule has 2 rings (SSSR count). The summed E-state index contributed by atoms with van der Waals surface area (Å²) >= 11 is 0. The van der Waals surface area contributed by atoms with E-state index >= 15 is 0 Å². The molecule has 0 bridgehead atoms. The number of hydrogen-bond donors (Lipinski definition) is 0. The lowest BCUT2D eigenvalue weighted by atomic mass is 10.1. The third-order valence-corrected chi connectivity index (χ3v) is 2.62. The van der Waals surface area contributed by atoms with Crippen molar-refractivity contribution in [2.24, 2.45) is 7.05 Å². The lowest BCUT2D eigenvalue weighted by Gasteiger charge is -2.03. The van der Waals surface area contributed by atoms with Crippen molar-refractivity contribution in [3.05, 3.63) is 52.3 Å².